The fourth-order valence-corrected chi connectivity index (χ4v) is 1.05. The van der Waals surface area contributed by atoms with Gasteiger partial charge < -0.3 is 4.74 Å². The van der Waals surface area contributed by atoms with Crippen LogP contribution in [0.3, 0.4) is 0 Å². The Hall–Kier alpha value is -0.300. The maximum atomic E-state index is 5.22. The summed E-state index contributed by atoms with van der Waals surface area (Å²) in [7, 11) is 0. The van der Waals surface area contributed by atoms with Gasteiger partial charge in [0.2, 0.25) is 0 Å². The maximum Gasteiger partial charge on any atom is 0.0879 e. The van der Waals surface area contributed by atoms with Crippen molar-refractivity contribution in [2.45, 2.75) is 25.0 Å². The Bertz CT molecular complexity index is 94.7. The molecule has 0 N–H and O–H groups in total. The van der Waals surface area contributed by atoms with E-state index in [1.807, 2.05) is 0 Å². The summed E-state index contributed by atoms with van der Waals surface area (Å²) in [5.41, 5.74) is 0. The van der Waals surface area contributed by atoms with Crippen LogP contribution in [0.1, 0.15) is 12.8 Å². The first-order valence-corrected chi connectivity index (χ1v) is 2.77. The Labute approximate surface area is 43.0 Å². The molecule has 0 aromatic heterocycles. The third-order valence-corrected chi connectivity index (χ3v) is 1.59. The normalized spacial score (nSPS) is 45.7. The summed E-state index contributed by atoms with van der Waals surface area (Å²) < 4.78 is 5.22. The van der Waals surface area contributed by atoms with E-state index in [1.54, 1.807) is 0 Å². The van der Waals surface area contributed by atoms with E-state index < -0.39 is 0 Å². The van der Waals surface area contributed by atoms with E-state index >= 15 is 0 Å². The number of fused-ring (bicyclic) bond motifs is 1. The topological polar surface area (TPSA) is 12.5 Å². The highest BCUT2D eigenvalue weighted by Crippen LogP contribution is 2.31. The lowest BCUT2D eigenvalue weighted by Gasteiger charge is -1.91. The van der Waals surface area contributed by atoms with Gasteiger partial charge in [-0.2, -0.15) is 0 Å². The van der Waals surface area contributed by atoms with Crippen LogP contribution in [0.15, 0.2) is 12.2 Å². The smallest absolute Gasteiger partial charge is 0.0879 e. The molecule has 0 spiro atoms. The summed E-state index contributed by atoms with van der Waals surface area (Å²) in [6, 6.07) is 0. The minimum atomic E-state index is 0.616. The van der Waals surface area contributed by atoms with Gasteiger partial charge in [-0.3, -0.25) is 0 Å². The quantitative estimate of drug-likeness (QED) is 0.325. The molecule has 7 heavy (non-hydrogen) atoms. The first kappa shape index (κ1) is 3.67. The Morgan fingerprint density at radius 2 is 1.71 bits per heavy atom. The SMILES string of the molecule is C1=CC[C@H]2O[C@H]2C1. The fraction of sp³-hybridized carbons (Fsp3) is 0.667. The molecule has 2 rings (SSSR count). The summed E-state index contributed by atoms with van der Waals surface area (Å²) >= 11 is 0. The lowest BCUT2D eigenvalue weighted by molar-refractivity contribution is 0.376. The van der Waals surface area contributed by atoms with Crippen LogP contribution >= 0.6 is 0 Å². The zero-order chi connectivity index (χ0) is 4.69. The van der Waals surface area contributed by atoms with Crippen molar-refractivity contribution in [1.82, 2.24) is 0 Å². The van der Waals surface area contributed by atoms with Gasteiger partial charge in [0.1, 0.15) is 0 Å². The van der Waals surface area contributed by atoms with Gasteiger partial charge >= 0.3 is 0 Å². The predicted molar refractivity (Wildman–Crippen MR) is 27.0 cm³/mol. The van der Waals surface area contributed by atoms with Crippen molar-refractivity contribution in [3.05, 3.63) is 12.2 Å². The zero-order valence-electron chi connectivity index (χ0n) is 4.13. The highest BCUT2D eigenvalue weighted by atomic mass is 16.6. The molecule has 0 unspecified atom stereocenters. The third kappa shape index (κ3) is 0.484. The van der Waals surface area contributed by atoms with Crippen LogP contribution in [0.25, 0.3) is 0 Å². The molecule has 1 heterocycles. The number of hydrogen-bond acceptors (Lipinski definition) is 1. The summed E-state index contributed by atoms with van der Waals surface area (Å²) in [6.07, 6.45) is 7.95. The summed E-state index contributed by atoms with van der Waals surface area (Å²) in [5.74, 6) is 0. The Kier molecular flexibility index (Phi) is 0.577. The van der Waals surface area contributed by atoms with Gasteiger partial charge in [0.25, 0.3) is 0 Å². The molecule has 0 radical (unpaired) electrons. The van der Waals surface area contributed by atoms with Crippen LogP contribution in [-0.4, -0.2) is 12.2 Å². The van der Waals surface area contributed by atoms with Crippen molar-refractivity contribution in [3.8, 4) is 0 Å². The van der Waals surface area contributed by atoms with E-state index in [4.69, 9.17) is 4.74 Å². The molecular formula is C6H8O. The van der Waals surface area contributed by atoms with Gasteiger partial charge in [-0.25, -0.2) is 0 Å². The first-order valence-electron chi connectivity index (χ1n) is 2.77. The largest absolute Gasteiger partial charge is 0.369 e. The van der Waals surface area contributed by atoms with Gasteiger partial charge in [0.05, 0.1) is 12.2 Å². The van der Waals surface area contributed by atoms with Crippen LogP contribution in [0.5, 0.6) is 0 Å². The van der Waals surface area contributed by atoms with Crippen LogP contribution in [0.2, 0.25) is 0 Å². The molecule has 2 atom stereocenters. The van der Waals surface area contributed by atoms with Crippen molar-refractivity contribution >= 4 is 0 Å². The molecule has 0 saturated carbocycles. The van der Waals surface area contributed by atoms with Crippen LogP contribution < -0.4 is 0 Å². The minimum absolute atomic E-state index is 0.616. The van der Waals surface area contributed by atoms with E-state index in [0.29, 0.717) is 12.2 Å². The maximum absolute atomic E-state index is 5.22. The van der Waals surface area contributed by atoms with Gasteiger partial charge in [-0.05, 0) is 12.8 Å². The Morgan fingerprint density at radius 1 is 1.14 bits per heavy atom. The highest BCUT2D eigenvalue weighted by molar-refractivity contribution is 5.03. The van der Waals surface area contributed by atoms with Crippen molar-refractivity contribution in [2.24, 2.45) is 0 Å². The number of rotatable bonds is 0. The lowest BCUT2D eigenvalue weighted by atomic mass is 10.1. The predicted octanol–water partition coefficient (Wildman–Crippen LogP) is 1.10. The molecule has 0 aromatic carbocycles. The first-order chi connectivity index (χ1) is 3.47. The Morgan fingerprint density at radius 3 is 2.14 bits per heavy atom. The molecule has 0 aromatic rings. The average molecular weight is 96.1 g/mol. The second-order valence-corrected chi connectivity index (χ2v) is 2.16. The number of ether oxygens (including phenoxy) is 1. The van der Waals surface area contributed by atoms with Gasteiger partial charge in [-0.15, -0.1) is 0 Å². The van der Waals surface area contributed by atoms with Crippen molar-refractivity contribution in [3.63, 3.8) is 0 Å². The van der Waals surface area contributed by atoms with Crippen LogP contribution in [0.4, 0.5) is 0 Å². The molecule has 2 aliphatic rings. The molecule has 1 fully saturated rings. The molecule has 1 nitrogen and oxygen atoms in total. The minimum Gasteiger partial charge on any atom is -0.369 e. The molecule has 1 aliphatic heterocycles. The fourth-order valence-electron chi connectivity index (χ4n) is 1.05. The van der Waals surface area contributed by atoms with Crippen LogP contribution in [0, 0.1) is 0 Å². The van der Waals surface area contributed by atoms with E-state index in [0.717, 1.165) is 12.8 Å². The standard InChI is InChI=1S/C6H8O/c1-2-4-6-5(3-1)7-6/h1-2,5-6H,3-4H2/t5-,6+. The number of epoxide rings is 1. The van der Waals surface area contributed by atoms with Gasteiger partial charge in [0, 0.05) is 0 Å². The van der Waals surface area contributed by atoms with Crippen molar-refractivity contribution < 1.29 is 4.74 Å². The van der Waals surface area contributed by atoms with Crippen molar-refractivity contribution in [1.29, 1.82) is 0 Å². The zero-order valence-corrected chi connectivity index (χ0v) is 4.13. The summed E-state index contributed by atoms with van der Waals surface area (Å²) in [4.78, 5) is 0. The van der Waals surface area contributed by atoms with E-state index in [-0.39, 0.29) is 0 Å². The molecule has 0 bridgehead atoms. The Balaban J connectivity index is 2.10. The van der Waals surface area contributed by atoms with Crippen molar-refractivity contribution in [2.75, 3.05) is 0 Å². The average Bonchev–Trinajstić information content (AvgIpc) is 2.41. The molecule has 1 heteroatoms. The lowest BCUT2D eigenvalue weighted by Crippen LogP contribution is -1.94. The van der Waals surface area contributed by atoms with Gasteiger partial charge in [0.15, 0.2) is 0 Å². The second-order valence-electron chi connectivity index (χ2n) is 2.16. The monoisotopic (exact) mass is 96.1 g/mol. The van der Waals surface area contributed by atoms with E-state index in [2.05, 4.69) is 12.2 Å². The summed E-state index contributed by atoms with van der Waals surface area (Å²) in [6.45, 7) is 0. The molecule has 1 saturated heterocycles. The van der Waals surface area contributed by atoms with Crippen LogP contribution in [-0.2, 0) is 4.74 Å². The second kappa shape index (κ2) is 1.10. The third-order valence-electron chi connectivity index (χ3n) is 1.59. The molecular weight excluding hydrogens is 88.1 g/mol. The molecule has 1 aliphatic carbocycles. The summed E-state index contributed by atoms with van der Waals surface area (Å²) in [5, 5.41) is 0. The highest BCUT2D eigenvalue weighted by Gasteiger charge is 2.37. The molecule has 38 valence electrons. The van der Waals surface area contributed by atoms with Gasteiger partial charge in [-0.1, -0.05) is 12.2 Å². The van der Waals surface area contributed by atoms with E-state index in [9.17, 15) is 0 Å². The van der Waals surface area contributed by atoms with E-state index in [1.165, 1.54) is 0 Å². The molecule has 0 amide bonds. The number of hydrogen-bond donors (Lipinski definition) is 0.